The molecule has 2 aromatic carbocycles. The molecular formula is C13H9Cl2O. The molecule has 1 radical (unpaired) electrons. The minimum absolute atomic E-state index is 0.357. The number of hydrogen-bond donors (Lipinski definition) is 0. The third-order valence-corrected chi connectivity index (χ3v) is 2.83. The summed E-state index contributed by atoms with van der Waals surface area (Å²) in [6.45, 7) is 0.357. The predicted octanol–water partition coefficient (Wildman–Crippen LogP) is 4.37. The van der Waals surface area contributed by atoms with Crippen LogP contribution in [-0.4, -0.2) is 0 Å². The van der Waals surface area contributed by atoms with Crippen molar-refractivity contribution < 1.29 is 4.74 Å². The van der Waals surface area contributed by atoms with Gasteiger partial charge in [-0.2, -0.15) is 0 Å². The van der Waals surface area contributed by atoms with Gasteiger partial charge in [0, 0.05) is 15.6 Å². The van der Waals surface area contributed by atoms with Crippen molar-refractivity contribution in [3.05, 3.63) is 64.1 Å². The van der Waals surface area contributed by atoms with Crippen molar-refractivity contribution in [1.29, 1.82) is 0 Å². The zero-order chi connectivity index (χ0) is 11.4. The molecule has 81 valence electrons. The Labute approximate surface area is 105 Å². The minimum atomic E-state index is 0.357. The van der Waals surface area contributed by atoms with Crippen molar-refractivity contribution in [3.63, 3.8) is 0 Å². The molecule has 16 heavy (non-hydrogen) atoms. The number of ether oxygens (including phenoxy) is 1. The van der Waals surface area contributed by atoms with E-state index in [0.29, 0.717) is 16.7 Å². The van der Waals surface area contributed by atoms with E-state index in [-0.39, 0.29) is 0 Å². The second-order valence-corrected chi connectivity index (χ2v) is 4.04. The summed E-state index contributed by atoms with van der Waals surface area (Å²) in [4.78, 5) is 0. The maximum Gasteiger partial charge on any atom is 0.120 e. The van der Waals surface area contributed by atoms with Crippen LogP contribution in [0.1, 0.15) is 5.56 Å². The first kappa shape index (κ1) is 11.3. The summed E-state index contributed by atoms with van der Waals surface area (Å²) < 4.78 is 5.55. The number of benzene rings is 2. The van der Waals surface area contributed by atoms with Gasteiger partial charge >= 0.3 is 0 Å². The van der Waals surface area contributed by atoms with Gasteiger partial charge in [-0.1, -0.05) is 41.4 Å². The molecular weight excluding hydrogens is 243 g/mol. The molecule has 0 saturated heterocycles. The molecule has 3 heteroatoms. The summed E-state index contributed by atoms with van der Waals surface area (Å²) in [5, 5.41) is 1.24. The fourth-order valence-corrected chi connectivity index (χ4v) is 1.80. The van der Waals surface area contributed by atoms with Gasteiger partial charge in [0.1, 0.15) is 12.4 Å². The molecule has 0 atom stereocenters. The van der Waals surface area contributed by atoms with E-state index in [1.54, 1.807) is 18.2 Å². The second kappa shape index (κ2) is 5.24. The molecule has 0 aromatic heterocycles. The molecule has 0 aliphatic heterocycles. The van der Waals surface area contributed by atoms with E-state index in [2.05, 4.69) is 6.07 Å². The van der Waals surface area contributed by atoms with Crippen molar-refractivity contribution >= 4 is 23.2 Å². The maximum absolute atomic E-state index is 6.02. The lowest BCUT2D eigenvalue weighted by atomic mass is 10.2. The summed E-state index contributed by atoms with van der Waals surface area (Å²) in [5.41, 5.74) is 0.801. The van der Waals surface area contributed by atoms with Gasteiger partial charge in [-0.15, -0.1) is 0 Å². The number of halogens is 2. The first-order valence-corrected chi connectivity index (χ1v) is 5.55. The Hall–Kier alpha value is -1.18. The van der Waals surface area contributed by atoms with Crippen molar-refractivity contribution in [2.45, 2.75) is 6.61 Å². The van der Waals surface area contributed by atoms with Crippen LogP contribution in [0.4, 0.5) is 0 Å². The molecule has 0 amide bonds. The van der Waals surface area contributed by atoms with Gasteiger partial charge in [-0.05, 0) is 30.3 Å². The summed E-state index contributed by atoms with van der Waals surface area (Å²) in [6.07, 6.45) is 0. The third kappa shape index (κ3) is 2.69. The quantitative estimate of drug-likeness (QED) is 0.787. The first-order valence-electron chi connectivity index (χ1n) is 4.79. The monoisotopic (exact) mass is 251 g/mol. The molecule has 1 nitrogen and oxygen atoms in total. The highest BCUT2D eigenvalue weighted by atomic mass is 35.5. The van der Waals surface area contributed by atoms with E-state index >= 15 is 0 Å². The number of hydrogen-bond acceptors (Lipinski definition) is 1. The molecule has 0 aliphatic carbocycles. The first-order chi connectivity index (χ1) is 7.77. The molecule has 0 bridgehead atoms. The molecule has 0 saturated carbocycles. The van der Waals surface area contributed by atoms with E-state index in [0.717, 1.165) is 11.3 Å². The number of rotatable bonds is 3. The van der Waals surface area contributed by atoms with E-state index in [1.807, 2.05) is 24.3 Å². The maximum atomic E-state index is 6.02. The van der Waals surface area contributed by atoms with Crippen LogP contribution in [-0.2, 0) is 6.61 Å². The molecule has 0 aliphatic rings. The normalized spacial score (nSPS) is 10.1. The van der Waals surface area contributed by atoms with Gasteiger partial charge in [0.2, 0.25) is 0 Å². The largest absolute Gasteiger partial charge is 0.489 e. The zero-order valence-electron chi connectivity index (χ0n) is 8.41. The smallest absolute Gasteiger partial charge is 0.120 e. The topological polar surface area (TPSA) is 9.23 Å². The van der Waals surface area contributed by atoms with Gasteiger partial charge in [0.25, 0.3) is 0 Å². The van der Waals surface area contributed by atoms with Gasteiger partial charge < -0.3 is 4.74 Å². The third-order valence-electron chi connectivity index (χ3n) is 2.12. The van der Waals surface area contributed by atoms with E-state index < -0.39 is 0 Å². The Morgan fingerprint density at radius 3 is 2.44 bits per heavy atom. The fraction of sp³-hybridized carbons (Fsp3) is 0.0769. The minimum Gasteiger partial charge on any atom is -0.489 e. The summed E-state index contributed by atoms with van der Waals surface area (Å²) >= 11 is 12.0. The molecule has 0 N–H and O–H groups in total. The lowest BCUT2D eigenvalue weighted by Crippen LogP contribution is -1.97. The van der Waals surface area contributed by atoms with Crippen LogP contribution in [0.2, 0.25) is 10.0 Å². The van der Waals surface area contributed by atoms with Crippen LogP contribution in [0.15, 0.2) is 42.5 Å². The van der Waals surface area contributed by atoms with Crippen molar-refractivity contribution in [2.75, 3.05) is 0 Å². The fourth-order valence-electron chi connectivity index (χ4n) is 1.29. The standard InChI is InChI=1S/C13H9Cl2O/c14-12-7-4-8-13(15)11(12)9-16-10-5-2-1-3-6-10/h1-2,4-8H,9H2. The summed E-state index contributed by atoms with van der Waals surface area (Å²) in [5.74, 6) is 0.749. The molecule has 0 spiro atoms. The van der Waals surface area contributed by atoms with E-state index in [9.17, 15) is 0 Å². The Bertz CT molecular complexity index is 448. The zero-order valence-corrected chi connectivity index (χ0v) is 9.92. The molecule has 2 aromatic rings. The SMILES string of the molecule is Clc1cccc(Cl)c1COc1c[c]ccc1. The van der Waals surface area contributed by atoms with Crippen LogP contribution in [0.3, 0.4) is 0 Å². The van der Waals surface area contributed by atoms with Gasteiger partial charge in [0.15, 0.2) is 0 Å². The average molecular weight is 252 g/mol. The predicted molar refractivity (Wildman–Crippen MR) is 66.1 cm³/mol. The lowest BCUT2D eigenvalue weighted by molar-refractivity contribution is 0.306. The van der Waals surface area contributed by atoms with Gasteiger partial charge in [0.05, 0.1) is 0 Å². The molecule has 2 rings (SSSR count). The van der Waals surface area contributed by atoms with Crippen LogP contribution in [0.25, 0.3) is 0 Å². The highest BCUT2D eigenvalue weighted by Gasteiger charge is 2.05. The molecule has 0 heterocycles. The summed E-state index contributed by atoms with van der Waals surface area (Å²) in [7, 11) is 0. The van der Waals surface area contributed by atoms with E-state index in [1.165, 1.54) is 0 Å². The van der Waals surface area contributed by atoms with Crippen molar-refractivity contribution in [1.82, 2.24) is 0 Å². The lowest BCUT2D eigenvalue weighted by Gasteiger charge is -2.08. The second-order valence-electron chi connectivity index (χ2n) is 3.23. The van der Waals surface area contributed by atoms with Crippen molar-refractivity contribution in [3.8, 4) is 5.75 Å². The summed E-state index contributed by atoms with van der Waals surface area (Å²) in [6, 6.07) is 15.6. The average Bonchev–Trinajstić information content (AvgIpc) is 2.30. The van der Waals surface area contributed by atoms with Crippen LogP contribution in [0.5, 0.6) is 5.75 Å². The van der Waals surface area contributed by atoms with Crippen molar-refractivity contribution in [2.24, 2.45) is 0 Å². The molecule has 0 fully saturated rings. The van der Waals surface area contributed by atoms with Crippen LogP contribution < -0.4 is 4.74 Å². The Balaban J connectivity index is 2.11. The Morgan fingerprint density at radius 1 is 1.06 bits per heavy atom. The highest BCUT2D eigenvalue weighted by molar-refractivity contribution is 6.35. The molecule has 0 unspecified atom stereocenters. The highest BCUT2D eigenvalue weighted by Crippen LogP contribution is 2.25. The van der Waals surface area contributed by atoms with Gasteiger partial charge in [-0.3, -0.25) is 0 Å². The Morgan fingerprint density at radius 2 is 1.81 bits per heavy atom. The van der Waals surface area contributed by atoms with E-state index in [4.69, 9.17) is 27.9 Å². The van der Waals surface area contributed by atoms with Crippen LogP contribution in [0, 0.1) is 6.07 Å². The van der Waals surface area contributed by atoms with Crippen LogP contribution >= 0.6 is 23.2 Å². The van der Waals surface area contributed by atoms with Gasteiger partial charge in [-0.25, -0.2) is 0 Å². The Kier molecular flexibility index (Phi) is 3.70.